The lowest BCUT2D eigenvalue weighted by atomic mass is 10.1. The van der Waals surface area contributed by atoms with Gasteiger partial charge in [-0.3, -0.25) is 0 Å². The van der Waals surface area contributed by atoms with Crippen molar-refractivity contribution in [3.05, 3.63) is 40.2 Å². The molecule has 0 aliphatic carbocycles. The molecule has 2 nitrogen and oxygen atoms in total. The Hall–Kier alpha value is -1.19. The predicted octanol–water partition coefficient (Wildman–Crippen LogP) is 4.16. The fraction of sp³-hybridized carbons (Fsp3) is 0.471. The summed E-state index contributed by atoms with van der Waals surface area (Å²) < 4.78 is 0. The first-order valence-electron chi connectivity index (χ1n) is 7.39. The van der Waals surface area contributed by atoms with E-state index in [-0.39, 0.29) is 0 Å². The van der Waals surface area contributed by atoms with E-state index in [0.29, 0.717) is 0 Å². The van der Waals surface area contributed by atoms with Gasteiger partial charge in [0.2, 0.25) is 0 Å². The third-order valence-corrected chi connectivity index (χ3v) is 4.50. The average molecular weight is 288 g/mol. The first kappa shape index (κ1) is 15.2. The molecule has 20 heavy (non-hydrogen) atoms. The van der Waals surface area contributed by atoms with Crippen molar-refractivity contribution in [2.45, 2.75) is 33.1 Å². The van der Waals surface area contributed by atoms with Crippen molar-refractivity contribution in [2.24, 2.45) is 5.92 Å². The van der Waals surface area contributed by atoms with Crippen LogP contribution < -0.4 is 5.32 Å². The minimum Gasteiger partial charge on any atom is -0.319 e. The highest BCUT2D eigenvalue weighted by Crippen LogP contribution is 2.29. The van der Waals surface area contributed by atoms with Gasteiger partial charge in [0.1, 0.15) is 0 Å². The molecule has 1 heterocycles. The zero-order valence-corrected chi connectivity index (χ0v) is 13.5. The van der Waals surface area contributed by atoms with Crippen LogP contribution in [0.3, 0.4) is 0 Å². The zero-order chi connectivity index (χ0) is 14.4. The van der Waals surface area contributed by atoms with Crippen molar-refractivity contribution >= 4 is 11.3 Å². The second kappa shape index (κ2) is 7.55. The van der Waals surface area contributed by atoms with Crippen molar-refractivity contribution in [1.29, 1.82) is 0 Å². The van der Waals surface area contributed by atoms with Crippen LogP contribution in [0.1, 0.15) is 30.2 Å². The first-order valence-corrected chi connectivity index (χ1v) is 8.21. The van der Waals surface area contributed by atoms with Gasteiger partial charge in [-0.1, -0.05) is 44.2 Å². The Bertz CT molecular complexity index is 517. The van der Waals surface area contributed by atoms with Crippen molar-refractivity contribution in [3.8, 4) is 11.3 Å². The van der Waals surface area contributed by atoms with Gasteiger partial charge in [0, 0.05) is 10.4 Å². The smallest absolute Gasteiger partial charge is 0.0935 e. The van der Waals surface area contributed by atoms with Gasteiger partial charge in [-0.15, -0.1) is 11.3 Å². The molecule has 1 N–H and O–H groups in total. The third kappa shape index (κ3) is 4.15. The molecule has 0 unspecified atom stereocenters. The molecule has 0 saturated carbocycles. The lowest BCUT2D eigenvalue weighted by molar-refractivity contribution is 0.585. The fourth-order valence-electron chi connectivity index (χ4n) is 2.15. The number of hydrogen-bond acceptors (Lipinski definition) is 3. The van der Waals surface area contributed by atoms with Gasteiger partial charge in [-0.2, -0.15) is 0 Å². The summed E-state index contributed by atoms with van der Waals surface area (Å²) in [5, 5.41) is 4.51. The van der Waals surface area contributed by atoms with E-state index in [0.717, 1.165) is 25.3 Å². The van der Waals surface area contributed by atoms with E-state index in [1.165, 1.54) is 27.6 Å². The van der Waals surface area contributed by atoms with Crippen LogP contribution in [0.4, 0.5) is 0 Å². The highest BCUT2D eigenvalue weighted by molar-refractivity contribution is 7.12. The minimum atomic E-state index is 0.736. The van der Waals surface area contributed by atoms with Crippen molar-refractivity contribution in [2.75, 3.05) is 13.6 Å². The van der Waals surface area contributed by atoms with Gasteiger partial charge in [-0.25, -0.2) is 4.98 Å². The lowest BCUT2D eigenvalue weighted by Crippen LogP contribution is -2.09. The van der Waals surface area contributed by atoms with Crippen LogP contribution in [0.5, 0.6) is 0 Å². The number of aromatic nitrogens is 1. The van der Waals surface area contributed by atoms with E-state index >= 15 is 0 Å². The maximum atomic E-state index is 4.90. The molecule has 0 radical (unpaired) electrons. The summed E-state index contributed by atoms with van der Waals surface area (Å²) in [7, 11) is 2.00. The van der Waals surface area contributed by atoms with Gasteiger partial charge < -0.3 is 5.32 Å². The summed E-state index contributed by atoms with van der Waals surface area (Å²) in [6.45, 7) is 5.55. The monoisotopic (exact) mass is 288 g/mol. The molecule has 2 rings (SSSR count). The Morgan fingerprint density at radius 2 is 1.90 bits per heavy atom. The molecule has 0 aliphatic heterocycles. The maximum Gasteiger partial charge on any atom is 0.0935 e. The van der Waals surface area contributed by atoms with Crippen LogP contribution in [0.2, 0.25) is 0 Å². The predicted molar refractivity (Wildman–Crippen MR) is 88.3 cm³/mol. The standard InChI is InChI=1S/C17H24N2S/c1-13(2)9-10-16-19-17(14-7-5-4-6-8-14)15(20-16)11-12-18-3/h4-8,13,18H,9-12H2,1-3H3. The summed E-state index contributed by atoms with van der Waals surface area (Å²) in [4.78, 5) is 6.30. The Balaban J connectivity index is 2.23. The Kier molecular flexibility index (Phi) is 5.74. The molecule has 0 bridgehead atoms. The van der Waals surface area contributed by atoms with Gasteiger partial charge in [0.15, 0.2) is 0 Å². The number of aryl methyl sites for hydroxylation is 1. The quantitative estimate of drug-likeness (QED) is 0.827. The van der Waals surface area contributed by atoms with Crippen molar-refractivity contribution in [3.63, 3.8) is 0 Å². The number of hydrogen-bond donors (Lipinski definition) is 1. The summed E-state index contributed by atoms with van der Waals surface area (Å²) in [6, 6.07) is 10.5. The van der Waals surface area contributed by atoms with Crippen LogP contribution in [-0.2, 0) is 12.8 Å². The van der Waals surface area contributed by atoms with E-state index in [1.807, 2.05) is 18.4 Å². The second-order valence-electron chi connectivity index (χ2n) is 5.53. The topological polar surface area (TPSA) is 24.9 Å². The fourth-order valence-corrected chi connectivity index (χ4v) is 3.25. The Morgan fingerprint density at radius 1 is 1.15 bits per heavy atom. The molecular weight excluding hydrogens is 264 g/mol. The van der Waals surface area contributed by atoms with E-state index in [4.69, 9.17) is 4.98 Å². The van der Waals surface area contributed by atoms with Gasteiger partial charge in [-0.05, 0) is 38.8 Å². The highest BCUT2D eigenvalue weighted by atomic mass is 32.1. The molecule has 3 heteroatoms. The molecule has 108 valence electrons. The Labute approximate surface area is 126 Å². The second-order valence-corrected chi connectivity index (χ2v) is 6.70. The number of thiazole rings is 1. The normalized spacial score (nSPS) is 11.2. The molecule has 1 aromatic heterocycles. The molecule has 0 aliphatic rings. The van der Waals surface area contributed by atoms with Crippen LogP contribution in [0.15, 0.2) is 30.3 Å². The summed E-state index contributed by atoms with van der Waals surface area (Å²) in [5.41, 5.74) is 2.43. The number of nitrogens with zero attached hydrogens (tertiary/aromatic N) is 1. The van der Waals surface area contributed by atoms with E-state index in [9.17, 15) is 0 Å². The van der Waals surface area contributed by atoms with Crippen molar-refractivity contribution < 1.29 is 0 Å². The number of benzene rings is 1. The zero-order valence-electron chi connectivity index (χ0n) is 12.6. The average Bonchev–Trinajstić information content (AvgIpc) is 2.87. The summed E-state index contributed by atoms with van der Waals surface area (Å²) >= 11 is 1.89. The Morgan fingerprint density at radius 3 is 2.55 bits per heavy atom. The van der Waals surface area contributed by atoms with E-state index < -0.39 is 0 Å². The first-order chi connectivity index (χ1) is 9.70. The SMILES string of the molecule is CNCCc1sc(CCC(C)C)nc1-c1ccccc1. The number of likely N-dealkylation sites (N-methyl/N-ethyl adjacent to an activating group) is 1. The van der Waals surface area contributed by atoms with E-state index in [1.54, 1.807) is 0 Å². The minimum absolute atomic E-state index is 0.736. The number of nitrogens with one attached hydrogen (secondary N) is 1. The van der Waals surface area contributed by atoms with Gasteiger partial charge in [0.05, 0.1) is 10.7 Å². The largest absolute Gasteiger partial charge is 0.319 e. The summed E-state index contributed by atoms with van der Waals surface area (Å²) in [5.74, 6) is 0.736. The number of rotatable bonds is 7. The van der Waals surface area contributed by atoms with Crippen LogP contribution in [0, 0.1) is 5.92 Å². The van der Waals surface area contributed by atoms with Crippen molar-refractivity contribution in [1.82, 2.24) is 10.3 Å². The molecule has 2 aromatic rings. The third-order valence-electron chi connectivity index (χ3n) is 3.33. The molecule has 0 amide bonds. The molecular formula is C17H24N2S. The highest BCUT2D eigenvalue weighted by Gasteiger charge is 2.12. The van der Waals surface area contributed by atoms with Gasteiger partial charge in [0.25, 0.3) is 0 Å². The van der Waals surface area contributed by atoms with E-state index in [2.05, 4.69) is 49.5 Å². The van der Waals surface area contributed by atoms with Crippen LogP contribution in [-0.4, -0.2) is 18.6 Å². The van der Waals surface area contributed by atoms with Gasteiger partial charge >= 0.3 is 0 Å². The molecule has 0 spiro atoms. The summed E-state index contributed by atoms with van der Waals surface area (Å²) in [6.07, 6.45) is 3.37. The van der Waals surface area contributed by atoms with Crippen LogP contribution in [0.25, 0.3) is 11.3 Å². The molecule has 0 saturated heterocycles. The van der Waals surface area contributed by atoms with Crippen LogP contribution >= 0.6 is 11.3 Å². The maximum absolute atomic E-state index is 4.90. The molecule has 0 fully saturated rings. The lowest BCUT2D eigenvalue weighted by Gasteiger charge is -2.01. The molecule has 0 atom stereocenters. The molecule has 1 aromatic carbocycles.